The molecule has 0 spiro atoms. The largest absolute Gasteiger partial charge is 0.315 e. The Kier molecular flexibility index (Phi) is 7.73. The predicted molar refractivity (Wildman–Crippen MR) is 133 cm³/mol. The minimum atomic E-state index is -1.03. The number of amides is 2. The van der Waals surface area contributed by atoms with Crippen molar-refractivity contribution in [2.45, 2.75) is 32.7 Å². The molecule has 35 heavy (non-hydrogen) atoms. The van der Waals surface area contributed by atoms with Crippen LogP contribution in [0.4, 0.5) is 19.6 Å². The van der Waals surface area contributed by atoms with Crippen molar-refractivity contribution in [1.82, 2.24) is 14.9 Å². The lowest BCUT2D eigenvalue weighted by molar-refractivity contribution is -0.121. The van der Waals surface area contributed by atoms with E-state index in [2.05, 4.69) is 39.3 Å². The third-order valence-corrected chi connectivity index (χ3v) is 7.09. The summed E-state index contributed by atoms with van der Waals surface area (Å²) in [6.07, 6.45) is 2.79. The molecule has 0 atom stereocenters. The number of benzene rings is 1. The fourth-order valence-electron chi connectivity index (χ4n) is 3.83. The Hall–Kier alpha value is -2.95. The Labute approximate surface area is 210 Å². The minimum absolute atomic E-state index is 0.0422. The lowest BCUT2D eigenvalue weighted by Gasteiger charge is -2.33. The van der Waals surface area contributed by atoms with Crippen LogP contribution in [-0.4, -0.2) is 45.8 Å². The van der Waals surface area contributed by atoms with Crippen molar-refractivity contribution in [2.24, 2.45) is 5.92 Å². The summed E-state index contributed by atoms with van der Waals surface area (Å²) in [4.78, 5) is 36.8. The number of carbonyl (C=O) groups is 2. The number of aromatic nitrogens is 2. The summed E-state index contributed by atoms with van der Waals surface area (Å²) in [6.45, 7) is 5.87. The van der Waals surface area contributed by atoms with Gasteiger partial charge in [0.2, 0.25) is 5.91 Å². The zero-order valence-corrected chi connectivity index (χ0v) is 20.7. The van der Waals surface area contributed by atoms with Gasteiger partial charge in [0.25, 0.3) is 5.91 Å². The van der Waals surface area contributed by atoms with E-state index in [1.54, 1.807) is 6.07 Å². The van der Waals surface area contributed by atoms with Crippen LogP contribution in [0.5, 0.6) is 0 Å². The molecule has 0 unspecified atom stereocenters. The van der Waals surface area contributed by atoms with Gasteiger partial charge in [-0.3, -0.25) is 9.59 Å². The molecule has 4 rings (SSSR count). The van der Waals surface area contributed by atoms with Crippen LogP contribution in [0.25, 0.3) is 10.6 Å². The van der Waals surface area contributed by atoms with Crippen molar-refractivity contribution in [1.29, 1.82) is 0 Å². The van der Waals surface area contributed by atoms with E-state index in [-0.39, 0.29) is 33.3 Å². The van der Waals surface area contributed by atoms with Crippen LogP contribution in [-0.2, 0) is 4.79 Å². The van der Waals surface area contributed by atoms with Crippen LogP contribution in [0, 0.1) is 17.6 Å². The van der Waals surface area contributed by atoms with E-state index in [1.165, 1.54) is 18.3 Å². The van der Waals surface area contributed by atoms with Gasteiger partial charge in [-0.05, 0) is 70.1 Å². The van der Waals surface area contributed by atoms with Gasteiger partial charge in [0.05, 0.1) is 5.02 Å². The number of hydrogen-bond acceptors (Lipinski definition) is 6. The zero-order chi connectivity index (χ0) is 25.1. The average Bonchev–Trinajstić information content (AvgIpc) is 3.26. The Morgan fingerprint density at radius 2 is 1.86 bits per heavy atom. The lowest BCUT2D eigenvalue weighted by Crippen LogP contribution is -2.41. The molecule has 7 nitrogen and oxygen atoms in total. The van der Waals surface area contributed by atoms with Gasteiger partial charge in [0, 0.05) is 23.7 Å². The van der Waals surface area contributed by atoms with Crippen LogP contribution in [0.1, 0.15) is 37.2 Å². The molecule has 2 N–H and O–H groups in total. The van der Waals surface area contributed by atoms with Crippen LogP contribution < -0.4 is 10.6 Å². The number of halogens is 3. The number of piperidine rings is 1. The number of nitrogens with one attached hydrogen (secondary N) is 2. The number of thiazole rings is 1. The molecule has 2 aromatic heterocycles. The SMILES string of the molecule is CC(C)N1CCC(C(=O)Nc2sc(-c3ccc(F)c(F)c3)nc2C(=O)Nc2ccc(Cl)cn2)CC1. The first kappa shape index (κ1) is 25.2. The average molecular weight is 520 g/mol. The summed E-state index contributed by atoms with van der Waals surface area (Å²) in [7, 11) is 0. The van der Waals surface area contributed by atoms with E-state index >= 15 is 0 Å². The molecule has 3 heterocycles. The van der Waals surface area contributed by atoms with Crippen LogP contribution in [0.2, 0.25) is 5.02 Å². The maximum Gasteiger partial charge on any atom is 0.278 e. The summed E-state index contributed by atoms with van der Waals surface area (Å²) < 4.78 is 27.2. The molecule has 1 fully saturated rings. The smallest absolute Gasteiger partial charge is 0.278 e. The monoisotopic (exact) mass is 519 g/mol. The minimum Gasteiger partial charge on any atom is -0.315 e. The molecule has 3 aromatic rings. The highest BCUT2D eigenvalue weighted by atomic mass is 35.5. The molecule has 0 radical (unpaired) electrons. The van der Waals surface area contributed by atoms with E-state index in [1.807, 2.05) is 0 Å². The Morgan fingerprint density at radius 1 is 1.11 bits per heavy atom. The second kappa shape index (κ2) is 10.8. The highest BCUT2D eigenvalue weighted by Gasteiger charge is 2.28. The number of likely N-dealkylation sites (tertiary alicyclic amines) is 1. The standard InChI is InChI=1S/C24H24ClF2N5O2S/c1-13(2)32-9-7-14(8-10-32)21(33)31-24-20(22(34)29-19-6-4-16(25)12-28-19)30-23(35-24)15-3-5-17(26)18(27)11-15/h3-6,11-14H,7-10H2,1-2H3,(H,31,33)(H,28,29,34). The van der Waals surface area contributed by atoms with Gasteiger partial charge in [-0.2, -0.15) is 0 Å². The first-order chi connectivity index (χ1) is 16.7. The summed E-state index contributed by atoms with van der Waals surface area (Å²) in [6, 6.07) is 6.88. The molecule has 0 bridgehead atoms. The quantitative estimate of drug-likeness (QED) is 0.452. The third-order valence-electron chi connectivity index (χ3n) is 5.85. The summed E-state index contributed by atoms with van der Waals surface area (Å²) in [5, 5.41) is 6.38. The number of anilines is 2. The number of carbonyl (C=O) groups excluding carboxylic acids is 2. The molecular weight excluding hydrogens is 496 g/mol. The van der Waals surface area contributed by atoms with Gasteiger partial charge in [0.1, 0.15) is 15.8 Å². The molecule has 1 aliphatic heterocycles. The molecule has 1 saturated heterocycles. The van der Waals surface area contributed by atoms with Gasteiger partial charge in [-0.25, -0.2) is 18.7 Å². The topological polar surface area (TPSA) is 87.2 Å². The van der Waals surface area contributed by atoms with Gasteiger partial charge < -0.3 is 15.5 Å². The van der Waals surface area contributed by atoms with Gasteiger partial charge in [0.15, 0.2) is 17.3 Å². The van der Waals surface area contributed by atoms with Crippen LogP contribution in [0.3, 0.4) is 0 Å². The lowest BCUT2D eigenvalue weighted by atomic mass is 9.95. The first-order valence-electron chi connectivity index (χ1n) is 11.2. The van der Waals surface area contributed by atoms with Crippen molar-refractivity contribution >= 4 is 45.6 Å². The molecule has 0 aliphatic carbocycles. The zero-order valence-electron chi connectivity index (χ0n) is 19.1. The molecule has 1 aliphatic rings. The second-order valence-electron chi connectivity index (χ2n) is 8.53. The maximum absolute atomic E-state index is 13.8. The van der Waals surface area contributed by atoms with E-state index in [9.17, 15) is 18.4 Å². The molecular formula is C24H24ClF2N5O2S. The molecule has 11 heteroatoms. The highest BCUT2D eigenvalue weighted by Crippen LogP contribution is 2.34. The van der Waals surface area contributed by atoms with E-state index in [0.717, 1.165) is 36.6 Å². The third kappa shape index (κ3) is 6.01. The number of hydrogen-bond donors (Lipinski definition) is 2. The Morgan fingerprint density at radius 3 is 2.49 bits per heavy atom. The van der Waals surface area contributed by atoms with Crippen molar-refractivity contribution in [3.8, 4) is 10.6 Å². The normalized spacial score (nSPS) is 14.8. The first-order valence-corrected chi connectivity index (χ1v) is 12.3. The van der Waals surface area contributed by atoms with Crippen LogP contribution >= 0.6 is 22.9 Å². The van der Waals surface area contributed by atoms with Gasteiger partial charge in [-0.1, -0.05) is 22.9 Å². The predicted octanol–water partition coefficient (Wildman–Crippen LogP) is 5.45. The number of pyridine rings is 1. The molecule has 1 aromatic carbocycles. The van der Waals surface area contributed by atoms with Crippen molar-refractivity contribution in [2.75, 3.05) is 23.7 Å². The van der Waals surface area contributed by atoms with E-state index in [4.69, 9.17) is 11.6 Å². The van der Waals surface area contributed by atoms with Crippen molar-refractivity contribution in [3.63, 3.8) is 0 Å². The fraction of sp³-hybridized carbons (Fsp3) is 0.333. The summed E-state index contributed by atoms with van der Waals surface area (Å²) >= 11 is 6.87. The number of nitrogens with zero attached hydrogens (tertiary/aromatic N) is 3. The summed E-state index contributed by atoms with van der Waals surface area (Å²) in [5.41, 5.74) is 0.248. The second-order valence-corrected chi connectivity index (χ2v) is 9.97. The fourth-order valence-corrected chi connectivity index (χ4v) is 4.90. The van der Waals surface area contributed by atoms with Crippen LogP contribution in [0.15, 0.2) is 36.5 Å². The van der Waals surface area contributed by atoms with Gasteiger partial charge >= 0.3 is 0 Å². The van der Waals surface area contributed by atoms with Gasteiger partial charge in [-0.15, -0.1) is 0 Å². The molecule has 184 valence electrons. The Balaban J connectivity index is 1.59. The number of rotatable bonds is 6. The molecule has 0 saturated carbocycles. The summed E-state index contributed by atoms with van der Waals surface area (Å²) in [5.74, 6) is -2.77. The highest BCUT2D eigenvalue weighted by molar-refractivity contribution is 7.19. The Bertz CT molecular complexity index is 1230. The van der Waals surface area contributed by atoms with E-state index < -0.39 is 17.5 Å². The maximum atomic E-state index is 13.8. The van der Waals surface area contributed by atoms with Crippen molar-refractivity contribution < 1.29 is 18.4 Å². The molecule has 2 amide bonds. The van der Waals surface area contributed by atoms with Crippen molar-refractivity contribution in [3.05, 3.63) is 58.9 Å². The van der Waals surface area contributed by atoms with E-state index in [0.29, 0.717) is 29.5 Å².